The highest BCUT2D eigenvalue weighted by Gasteiger charge is 2.43. The first-order valence-electron chi connectivity index (χ1n) is 13.7. The Labute approximate surface area is 236 Å². The summed E-state index contributed by atoms with van der Waals surface area (Å²) in [4.78, 5) is 39.2. The van der Waals surface area contributed by atoms with Crippen molar-refractivity contribution in [2.75, 3.05) is 17.7 Å². The van der Waals surface area contributed by atoms with Crippen LogP contribution in [0.4, 0.5) is 5.69 Å². The van der Waals surface area contributed by atoms with Gasteiger partial charge in [-0.2, -0.15) is 0 Å². The quantitative estimate of drug-likeness (QED) is 0.366. The molecule has 212 valence electrons. The lowest BCUT2D eigenvalue weighted by Gasteiger charge is -2.39. The van der Waals surface area contributed by atoms with Gasteiger partial charge in [0, 0.05) is 31.4 Å². The van der Waals surface area contributed by atoms with Gasteiger partial charge in [-0.15, -0.1) is 0 Å². The standard InChI is InChI=1S/C31H42N2O5S/c1-6-37-25-16-18-31(19-17-25,21-39-22(2)34)29(36)33-27(28(35)32-24-10-8-7-9-11-24)20-23-12-14-26(15-13-23)38-30(3,4)5/h7-15,25,27H,6,16-21H2,1-5H3,(H,32,35)(H,33,36)/t25?,27-,31?/m0/s1. The lowest BCUT2D eigenvalue weighted by atomic mass is 9.73. The van der Waals surface area contributed by atoms with E-state index in [9.17, 15) is 14.4 Å². The van der Waals surface area contributed by atoms with Crippen LogP contribution in [0.15, 0.2) is 54.6 Å². The number of carbonyl (C=O) groups is 3. The third kappa shape index (κ3) is 9.69. The molecular formula is C31H42N2O5S. The summed E-state index contributed by atoms with van der Waals surface area (Å²) in [6.07, 6.45) is 3.14. The number of thioether (sulfide) groups is 1. The summed E-state index contributed by atoms with van der Waals surface area (Å²) in [6, 6.07) is 16.0. The van der Waals surface area contributed by atoms with Crippen molar-refractivity contribution in [1.29, 1.82) is 0 Å². The highest BCUT2D eigenvalue weighted by molar-refractivity contribution is 8.13. The van der Waals surface area contributed by atoms with Crippen LogP contribution in [-0.2, 0) is 25.5 Å². The average molecular weight is 555 g/mol. The molecule has 0 saturated heterocycles. The van der Waals surface area contributed by atoms with Crippen molar-refractivity contribution in [1.82, 2.24) is 5.32 Å². The van der Waals surface area contributed by atoms with Gasteiger partial charge in [0.2, 0.25) is 11.8 Å². The third-order valence-corrected chi connectivity index (χ3v) is 7.88. The van der Waals surface area contributed by atoms with Gasteiger partial charge in [-0.25, -0.2) is 0 Å². The Hall–Kier alpha value is -2.84. The first-order chi connectivity index (χ1) is 18.5. The molecule has 1 aliphatic rings. The van der Waals surface area contributed by atoms with Crippen LogP contribution in [0.25, 0.3) is 0 Å². The number of hydrogen-bond acceptors (Lipinski definition) is 6. The normalized spacial score (nSPS) is 20.1. The highest BCUT2D eigenvalue weighted by Crippen LogP contribution is 2.40. The second-order valence-electron chi connectivity index (χ2n) is 11.2. The Morgan fingerprint density at radius 2 is 1.67 bits per heavy atom. The van der Waals surface area contributed by atoms with Gasteiger partial charge >= 0.3 is 0 Å². The summed E-state index contributed by atoms with van der Waals surface area (Å²) in [7, 11) is 0. The van der Waals surface area contributed by atoms with Crippen LogP contribution in [0.1, 0.15) is 65.9 Å². The van der Waals surface area contributed by atoms with Gasteiger partial charge in [-0.1, -0.05) is 42.1 Å². The molecule has 1 fully saturated rings. The van der Waals surface area contributed by atoms with Crippen LogP contribution in [0.3, 0.4) is 0 Å². The number of carbonyl (C=O) groups excluding carboxylic acids is 3. The van der Waals surface area contributed by atoms with E-state index in [1.54, 1.807) is 0 Å². The van der Waals surface area contributed by atoms with Crippen molar-refractivity contribution in [3.8, 4) is 5.75 Å². The minimum atomic E-state index is -0.795. The van der Waals surface area contributed by atoms with Crippen LogP contribution in [0.2, 0.25) is 0 Å². The lowest BCUT2D eigenvalue weighted by molar-refractivity contribution is -0.136. The fourth-order valence-corrected chi connectivity index (χ4v) is 5.68. The Bertz CT molecular complexity index is 1090. The van der Waals surface area contributed by atoms with Crippen LogP contribution in [-0.4, -0.2) is 47.0 Å². The summed E-state index contributed by atoms with van der Waals surface area (Å²) >= 11 is 1.17. The van der Waals surface area contributed by atoms with Crippen molar-refractivity contribution >= 4 is 34.4 Å². The van der Waals surface area contributed by atoms with E-state index in [1.165, 1.54) is 18.7 Å². The zero-order chi connectivity index (χ0) is 28.5. The number of benzene rings is 2. The first kappa shape index (κ1) is 30.7. The largest absolute Gasteiger partial charge is 0.488 e. The Morgan fingerprint density at radius 1 is 1.03 bits per heavy atom. The van der Waals surface area contributed by atoms with E-state index in [4.69, 9.17) is 9.47 Å². The molecule has 1 saturated carbocycles. The summed E-state index contributed by atoms with van der Waals surface area (Å²) in [5, 5.41) is 5.99. The minimum absolute atomic E-state index is 0.0231. The maximum absolute atomic E-state index is 13.9. The van der Waals surface area contributed by atoms with E-state index >= 15 is 0 Å². The van der Waals surface area contributed by atoms with Gasteiger partial charge in [-0.05, 0) is 83.2 Å². The molecule has 8 heteroatoms. The molecule has 2 aromatic rings. The molecule has 7 nitrogen and oxygen atoms in total. The Balaban J connectivity index is 1.81. The number of para-hydroxylation sites is 1. The van der Waals surface area contributed by atoms with Crippen molar-refractivity contribution < 1.29 is 23.9 Å². The second-order valence-corrected chi connectivity index (χ2v) is 12.3. The van der Waals surface area contributed by atoms with E-state index in [0.717, 1.165) is 24.2 Å². The van der Waals surface area contributed by atoms with Crippen molar-refractivity contribution in [2.45, 2.75) is 84.5 Å². The maximum atomic E-state index is 13.9. The summed E-state index contributed by atoms with van der Waals surface area (Å²) < 4.78 is 11.7. The van der Waals surface area contributed by atoms with Gasteiger partial charge in [-0.3, -0.25) is 14.4 Å². The smallest absolute Gasteiger partial charge is 0.247 e. The number of amides is 2. The first-order valence-corrected chi connectivity index (χ1v) is 14.7. The predicted octanol–water partition coefficient (Wildman–Crippen LogP) is 5.78. The van der Waals surface area contributed by atoms with Crippen LogP contribution in [0.5, 0.6) is 5.75 Å². The number of anilines is 1. The number of hydrogen-bond donors (Lipinski definition) is 2. The molecule has 0 spiro atoms. The maximum Gasteiger partial charge on any atom is 0.247 e. The number of nitrogens with one attached hydrogen (secondary N) is 2. The molecule has 2 amide bonds. The number of rotatable bonds is 11. The zero-order valence-electron chi connectivity index (χ0n) is 23.8. The van der Waals surface area contributed by atoms with E-state index in [0.29, 0.717) is 37.3 Å². The number of ether oxygens (including phenoxy) is 2. The van der Waals surface area contributed by atoms with E-state index < -0.39 is 11.5 Å². The van der Waals surface area contributed by atoms with Crippen molar-refractivity contribution in [3.05, 3.63) is 60.2 Å². The molecule has 0 radical (unpaired) electrons. The van der Waals surface area contributed by atoms with Gasteiger partial charge in [0.05, 0.1) is 11.5 Å². The van der Waals surface area contributed by atoms with E-state index in [-0.39, 0.29) is 28.6 Å². The molecule has 39 heavy (non-hydrogen) atoms. The predicted molar refractivity (Wildman–Crippen MR) is 157 cm³/mol. The molecule has 0 bridgehead atoms. The highest BCUT2D eigenvalue weighted by atomic mass is 32.2. The van der Waals surface area contributed by atoms with Crippen molar-refractivity contribution in [3.63, 3.8) is 0 Å². The average Bonchev–Trinajstić information content (AvgIpc) is 2.89. The fraction of sp³-hybridized carbons (Fsp3) is 0.516. The van der Waals surface area contributed by atoms with E-state index in [1.807, 2.05) is 82.3 Å². The molecule has 0 heterocycles. The summed E-state index contributed by atoms with van der Waals surface area (Å²) in [6.45, 7) is 10.1. The molecule has 0 aliphatic heterocycles. The lowest BCUT2D eigenvalue weighted by Crippen LogP contribution is -2.53. The summed E-state index contributed by atoms with van der Waals surface area (Å²) in [5.41, 5.74) is 0.507. The van der Waals surface area contributed by atoms with Crippen LogP contribution in [0, 0.1) is 5.41 Å². The van der Waals surface area contributed by atoms with Crippen LogP contribution < -0.4 is 15.4 Å². The molecule has 0 unspecified atom stereocenters. The van der Waals surface area contributed by atoms with Gasteiger partial charge < -0.3 is 20.1 Å². The molecule has 2 aromatic carbocycles. The third-order valence-electron chi connectivity index (χ3n) is 6.78. The van der Waals surface area contributed by atoms with Crippen LogP contribution >= 0.6 is 11.8 Å². The minimum Gasteiger partial charge on any atom is -0.488 e. The van der Waals surface area contributed by atoms with Gasteiger partial charge in [0.1, 0.15) is 17.4 Å². The molecular weight excluding hydrogens is 512 g/mol. The monoisotopic (exact) mass is 554 g/mol. The van der Waals surface area contributed by atoms with Gasteiger partial charge in [0.15, 0.2) is 5.12 Å². The summed E-state index contributed by atoms with van der Waals surface area (Å²) in [5.74, 6) is 0.652. The second kappa shape index (κ2) is 14.0. The molecule has 3 rings (SSSR count). The zero-order valence-corrected chi connectivity index (χ0v) is 24.6. The molecule has 0 aromatic heterocycles. The SMILES string of the molecule is CCOC1CCC(CSC(C)=O)(C(=O)N[C@@H](Cc2ccc(OC(C)(C)C)cc2)C(=O)Nc2ccccc2)CC1. The fourth-order valence-electron chi connectivity index (χ4n) is 4.78. The molecule has 1 aliphatic carbocycles. The van der Waals surface area contributed by atoms with Crippen molar-refractivity contribution in [2.24, 2.45) is 5.41 Å². The Morgan fingerprint density at radius 3 is 2.23 bits per heavy atom. The van der Waals surface area contributed by atoms with Gasteiger partial charge in [0.25, 0.3) is 0 Å². The Kier molecular flexibility index (Phi) is 11.0. The molecule has 2 N–H and O–H groups in total. The molecule has 1 atom stereocenters. The van der Waals surface area contributed by atoms with E-state index in [2.05, 4.69) is 10.6 Å². The topological polar surface area (TPSA) is 93.7 Å².